The molecule has 0 radical (unpaired) electrons. The highest BCUT2D eigenvalue weighted by Gasteiger charge is 2.49. The fourth-order valence-corrected chi connectivity index (χ4v) is 14.9. The van der Waals surface area contributed by atoms with E-state index >= 15 is 0 Å². The van der Waals surface area contributed by atoms with E-state index in [4.69, 9.17) is 0 Å². The summed E-state index contributed by atoms with van der Waals surface area (Å²) in [6.07, 6.45) is 3.31. The van der Waals surface area contributed by atoms with Crippen molar-refractivity contribution >= 4 is 65.6 Å². The standard InChI is InChI=1S/C65H64N2S/c1-37-30-54-58-55(31-37)67(52-22-17-19-42-41-18-13-16-23-56(41)68-60(42)52)53-36-51-50(64(9,10)47-20-14-15-21-48(47)65(51,11)12)35-44(53)57(58)45-32-38-24-25-39(61(2,3)4)33-43(38)59(45)66(54)40-26-27-46-49(34-40)63(7,8)29-28-62(46,5)6/h13-27,30-31,33-36,57H,28-29,32H2,1-12H3. The molecule has 2 aliphatic heterocycles. The summed E-state index contributed by atoms with van der Waals surface area (Å²) in [5, 5.41) is 2.66. The van der Waals surface area contributed by atoms with Gasteiger partial charge in [-0.2, -0.15) is 0 Å². The van der Waals surface area contributed by atoms with Crippen LogP contribution in [-0.2, 0) is 33.5 Å². The van der Waals surface area contributed by atoms with Gasteiger partial charge in [-0.25, -0.2) is 0 Å². The predicted molar refractivity (Wildman–Crippen MR) is 291 cm³/mol. The Balaban J connectivity index is 1.16. The molecule has 340 valence electrons. The highest BCUT2D eigenvalue weighted by atomic mass is 32.1. The Hall–Kier alpha value is -5.90. The van der Waals surface area contributed by atoms with E-state index in [1.54, 1.807) is 0 Å². The molecule has 8 aromatic rings. The van der Waals surface area contributed by atoms with Gasteiger partial charge in [0, 0.05) is 49.0 Å². The fourth-order valence-electron chi connectivity index (χ4n) is 13.7. The third-order valence-corrected chi connectivity index (χ3v) is 18.8. The molecule has 68 heavy (non-hydrogen) atoms. The number of hydrogen-bond donors (Lipinski definition) is 0. The summed E-state index contributed by atoms with van der Waals surface area (Å²) >= 11 is 1.94. The number of thiophene rings is 1. The maximum Gasteiger partial charge on any atom is 0.0640 e. The molecule has 3 heteroatoms. The summed E-state index contributed by atoms with van der Waals surface area (Å²) in [5.41, 5.74) is 26.3. The van der Waals surface area contributed by atoms with Gasteiger partial charge in [0.1, 0.15) is 0 Å². The molecule has 3 aliphatic carbocycles. The van der Waals surface area contributed by atoms with Crippen molar-refractivity contribution in [2.75, 3.05) is 9.80 Å². The van der Waals surface area contributed by atoms with E-state index in [1.807, 2.05) is 11.3 Å². The van der Waals surface area contributed by atoms with Crippen LogP contribution in [0.1, 0.15) is 162 Å². The van der Waals surface area contributed by atoms with Crippen LogP contribution in [-0.4, -0.2) is 0 Å². The fraction of sp³-hybridized carbons (Fsp3) is 0.323. The van der Waals surface area contributed by atoms with E-state index in [0.29, 0.717) is 0 Å². The van der Waals surface area contributed by atoms with Gasteiger partial charge in [0.05, 0.1) is 33.1 Å². The molecule has 3 heterocycles. The molecule has 0 spiro atoms. The van der Waals surface area contributed by atoms with Crippen molar-refractivity contribution in [3.63, 3.8) is 0 Å². The minimum Gasteiger partial charge on any atom is -0.309 e. The zero-order valence-corrected chi connectivity index (χ0v) is 42.9. The topological polar surface area (TPSA) is 6.48 Å². The van der Waals surface area contributed by atoms with Crippen LogP contribution in [0.3, 0.4) is 0 Å². The largest absolute Gasteiger partial charge is 0.309 e. The van der Waals surface area contributed by atoms with Crippen LogP contribution in [0.4, 0.5) is 28.4 Å². The van der Waals surface area contributed by atoms with Crippen LogP contribution >= 0.6 is 11.3 Å². The zero-order valence-electron chi connectivity index (χ0n) is 42.1. The molecule has 13 rings (SSSR count). The molecular weight excluding hydrogens is 841 g/mol. The first-order valence-corrected chi connectivity index (χ1v) is 26.0. The van der Waals surface area contributed by atoms with Gasteiger partial charge in [-0.1, -0.05) is 155 Å². The molecule has 7 aromatic carbocycles. The molecule has 5 aliphatic rings. The van der Waals surface area contributed by atoms with Crippen molar-refractivity contribution in [3.05, 3.63) is 200 Å². The van der Waals surface area contributed by atoms with Crippen LogP contribution in [0.25, 0.3) is 25.9 Å². The number of nitrogens with zero attached hydrogens (tertiary/aromatic N) is 2. The van der Waals surface area contributed by atoms with Gasteiger partial charge in [0.25, 0.3) is 0 Å². The van der Waals surface area contributed by atoms with E-state index in [-0.39, 0.29) is 33.0 Å². The van der Waals surface area contributed by atoms with E-state index in [1.165, 1.54) is 139 Å². The second-order valence-corrected chi connectivity index (χ2v) is 25.5. The lowest BCUT2D eigenvalue weighted by Crippen LogP contribution is -2.38. The third kappa shape index (κ3) is 5.63. The average molecular weight is 905 g/mol. The highest BCUT2D eigenvalue weighted by Crippen LogP contribution is 2.65. The molecule has 0 bridgehead atoms. The number of hydrogen-bond acceptors (Lipinski definition) is 3. The number of allylic oxidation sites excluding steroid dienone is 1. The molecule has 1 atom stereocenters. The quantitative estimate of drug-likeness (QED) is 0.171. The van der Waals surface area contributed by atoms with Crippen LogP contribution in [0, 0.1) is 6.92 Å². The molecule has 1 unspecified atom stereocenters. The minimum absolute atomic E-state index is 0.0141. The Bertz CT molecular complexity index is 3560. The van der Waals surface area contributed by atoms with Gasteiger partial charge in [0.15, 0.2) is 0 Å². The summed E-state index contributed by atoms with van der Waals surface area (Å²) in [7, 11) is 0. The van der Waals surface area contributed by atoms with Gasteiger partial charge in [0.2, 0.25) is 0 Å². The van der Waals surface area contributed by atoms with E-state index in [9.17, 15) is 0 Å². The molecule has 0 amide bonds. The van der Waals surface area contributed by atoms with Crippen molar-refractivity contribution < 1.29 is 0 Å². The first-order chi connectivity index (χ1) is 32.3. The van der Waals surface area contributed by atoms with Crippen molar-refractivity contribution in [2.24, 2.45) is 0 Å². The SMILES string of the molecule is Cc1cc2c3c(c1)N(c1cccc4c1sc1ccccc14)c1cc4c(cc1C3C1=C(c3cc(C(C)(C)C)ccc3C1)N2c1ccc2c(c1)C(C)(C)CCC2(C)C)C(C)(C)c1ccccc1C4(C)C. The van der Waals surface area contributed by atoms with Gasteiger partial charge in [-0.15, -0.1) is 11.3 Å². The van der Waals surface area contributed by atoms with Gasteiger partial charge in [-0.05, 0) is 152 Å². The lowest BCUT2D eigenvalue weighted by atomic mass is 9.59. The average Bonchev–Trinajstić information content (AvgIpc) is 3.88. The third-order valence-electron chi connectivity index (χ3n) is 17.6. The Labute approximate surface area is 408 Å². The second kappa shape index (κ2) is 13.7. The number of anilines is 5. The Morgan fingerprint density at radius 2 is 1.19 bits per heavy atom. The number of fused-ring (bicyclic) bond motifs is 11. The predicted octanol–water partition coefficient (Wildman–Crippen LogP) is 18.0. The zero-order chi connectivity index (χ0) is 47.2. The number of rotatable bonds is 2. The summed E-state index contributed by atoms with van der Waals surface area (Å²) in [5.74, 6) is 0.0691. The Morgan fingerprint density at radius 1 is 0.544 bits per heavy atom. The molecule has 2 nitrogen and oxygen atoms in total. The number of aryl methyl sites for hydroxylation is 1. The molecule has 0 saturated carbocycles. The van der Waals surface area contributed by atoms with Crippen LogP contribution in [0.5, 0.6) is 0 Å². The van der Waals surface area contributed by atoms with Crippen LogP contribution in [0.2, 0.25) is 0 Å². The minimum atomic E-state index is -0.195. The first kappa shape index (κ1) is 42.2. The van der Waals surface area contributed by atoms with Gasteiger partial charge >= 0.3 is 0 Å². The molecular formula is C65H64N2S. The summed E-state index contributed by atoms with van der Waals surface area (Å²) in [6.45, 7) is 29.1. The summed E-state index contributed by atoms with van der Waals surface area (Å²) in [6, 6.07) is 50.7. The normalized spacial score (nSPS) is 19.8. The van der Waals surface area contributed by atoms with Crippen LogP contribution in [0.15, 0.2) is 133 Å². The maximum absolute atomic E-state index is 2.73. The lowest BCUT2D eigenvalue weighted by Gasteiger charge is -2.49. The Kier molecular flexibility index (Phi) is 8.48. The smallest absolute Gasteiger partial charge is 0.0640 e. The molecule has 0 fully saturated rings. The monoisotopic (exact) mass is 904 g/mol. The Morgan fingerprint density at radius 3 is 1.91 bits per heavy atom. The van der Waals surface area contributed by atoms with E-state index in [0.717, 1.165) is 6.42 Å². The maximum atomic E-state index is 2.73. The van der Waals surface area contributed by atoms with Crippen LogP contribution < -0.4 is 9.80 Å². The lowest BCUT2D eigenvalue weighted by molar-refractivity contribution is 0.332. The van der Waals surface area contributed by atoms with Crippen molar-refractivity contribution in [1.82, 2.24) is 0 Å². The van der Waals surface area contributed by atoms with Crippen molar-refractivity contribution in [3.8, 4) is 0 Å². The summed E-state index contributed by atoms with van der Waals surface area (Å²) < 4.78 is 2.67. The molecule has 0 N–H and O–H groups in total. The summed E-state index contributed by atoms with van der Waals surface area (Å²) in [4.78, 5) is 5.44. The molecule has 1 aromatic heterocycles. The van der Waals surface area contributed by atoms with Gasteiger partial charge < -0.3 is 9.80 Å². The van der Waals surface area contributed by atoms with Crippen molar-refractivity contribution in [1.29, 1.82) is 0 Å². The van der Waals surface area contributed by atoms with Crippen molar-refractivity contribution in [2.45, 2.75) is 135 Å². The number of benzene rings is 7. The van der Waals surface area contributed by atoms with Gasteiger partial charge in [-0.3, -0.25) is 0 Å². The highest BCUT2D eigenvalue weighted by molar-refractivity contribution is 7.26. The van der Waals surface area contributed by atoms with E-state index in [2.05, 4.69) is 220 Å². The first-order valence-electron chi connectivity index (χ1n) is 25.2. The second-order valence-electron chi connectivity index (χ2n) is 24.5. The van der Waals surface area contributed by atoms with E-state index < -0.39 is 0 Å². The molecule has 0 saturated heterocycles.